The number of hydrogen-bond donors (Lipinski definition) is 1. The highest BCUT2D eigenvalue weighted by atomic mass is 16.5. The molecular weight excluding hydrogens is 184 g/mol. The van der Waals surface area contributed by atoms with Crippen LogP contribution in [0.3, 0.4) is 0 Å². The number of carbonyl (C=O) groups excluding carboxylic acids is 1. The van der Waals surface area contributed by atoms with Crippen LogP contribution in [-0.4, -0.2) is 24.2 Å². The van der Waals surface area contributed by atoms with Gasteiger partial charge in [-0.05, 0) is 19.3 Å². The fraction of sp³-hybridized carbons (Fsp3) is 0.800. The summed E-state index contributed by atoms with van der Waals surface area (Å²) in [5.74, 6) is -1.18. The molecule has 0 aromatic heterocycles. The molecule has 0 unspecified atom stereocenters. The second-order valence-electron chi connectivity index (χ2n) is 3.37. The molecular formula is C10H18O4. The zero-order chi connectivity index (χ0) is 11.2. The number of esters is 1. The maximum Gasteiger partial charge on any atom is 0.311 e. The van der Waals surface area contributed by atoms with E-state index in [9.17, 15) is 9.59 Å². The molecule has 0 aliphatic heterocycles. The monoisotopic (exact) mass is 202 g/mol. The van der Waals surface area contributed by atoms with Crippen molar-refractivity contribution in [1.29, 1.82) is 0 Å². The largest absolute Gasteiger partial charge is 0.481 e. The molecule has 0 saturated heterocycles. The van der Waals surface area contributed by atoms with Crippen molar-refractivity contribution < 1.29 is 19.4 Å². The molecule has 1 N–H and O–H groups in total. The Morgan fingerprint density at radius 2 is 1.79 bits per heavy atom. The molecule has 0 saturated carbocycles. The zero-order valence-electron chi connectivity index (χ0n) is 9.00. The normalized spacial score (nSPS) is 11.1. The van der Waals surface area contributed by atoms with Gasteiger partial charge in [0.05, 0.1) is 12.5 Å². The van der Waals surface area contributed by atoms with Gasteiger partial charge in [-0.25, -0.2) is 0 Å². The second kappa shape index (κ2) is 5.62. The van der Waals surface area contributed by atoms with E-state index in [2.05, 4.69) is 0 Å². The molecule has 0 aromatic carbocycles. The van der Waals surface area contributed by atoms with Gasteiger partial charge in [0.15, 0.2) is 0 Å². The van der Waals surface area contributed by atoms with Crippen LogP contribution in [0.4, 0.5) is 0 Å². The minimum absolute atomic E-state index is 0.0107. The summed E-state index contributed by atoms with van der Waals surface area (Å²) in [7, 11) is 1.34. The maximum atomic E-state index is 11.5. The number of rotatable bonds is 6. The van der Waals surface area contributed by atoms with E-state index in [0.717, 1.165) is 0 Å². The fourth-order valence-electron chi connectivity index (χ4n) is 1.56. The first-order chi connectivity index (χ1) is 6.52. The number of hydrogen-bond acceptors (Lipinski definition) is 3. The van der Waals surface area contributed by atoms with Crippen LogP contribution in [0.1, 0.15) is 39.5 Å². The van der Waals surface area contributed by atoms with Gasteiger partial charge < -0.3 is 9.84 Å². The van der Waals surface area contributed by atoms with E-state index in [0.29, 0.717) is 19.3 Å². The number of aliphatic carboxylic acids is 1. The van der Waals surface area contributed by atoms with Crippen molar-refractivity contribution in [2.75, 3.05) is 7.11 Å². The Morgan fingerprint density at radius 3 is 2.07 bits per heavy atom. The van der Waals surface area contributed by atoms with Gasteiger partial charge in [-0.1, -0.05) is 13.8 Å². The molecule has 82 valence electrons. The summed E-state index contributed by atoms with van der Waals surface area (Å²) in [6.45, 7) is 3.75. The summed E-state index contributed by atoms with van der Waals surface area (Å²) in [6, 6.07) is 0. The van der Waals surface area contributed by atoms with Gasteiger partial charge in [0, 0.05) is 6.42 Å². The van der Waals surface area contributed by atoms with E-state index in [4.69, 9.17) is 9.84 Å². The highest BCUT2D eigenvalue weighted by Crippen LogP contribution is 2.33. The summed E-state index contributed by atoms with van der Waals surface area (Å²) in [5, 5.41) is 8.57. The highest BCUT2D eigenvalue weighted by molar-refractivity contribution is 5.77. The maximum absolute atomic E-state index is 11.5. The molecule has 0 aromatic rings. The van der Waals surface area contributed by atoms with E-state index < -0.39 is 11.4 Å². The molecule has 4 nitrogen and oxygen atoms in total. The summed E-state index contributed by atoms with van der Waals surface area (Å²) < 4.78 is 4.70. The summed E-state index contributed by atoms with van der Waals surface area (Å²) in [6.07, 6.45) is 1.59. The van der Waals surface area contributed by atoms with Crippen LogP contribution < -0.4 is 0 Å². The third-order valence-electron chi connectivity index (χ3n) is 2.79. The molecule has 0 aliphatic rings. The quantitative estimate of drug-likeness (QED) is 0.667. The van der Waals surface area contributed by atoms with E-state index in [1.54, 1.807) is 0 Å². The number of methoxy groups -OCH3 is 1. The number of carboxylic acid groups (broad SMARTS) is 1. The lowest BCUT2D eigenvalue weighted by molar-refractivity contribution is -0.154. The predicted octanol–water partition coefficient (Wildman–Crippen LogP) is 1.83. The van der Waals surface area contributed by atoms with Crippen molar-refractivity contribution in [3.05, 3.63) is 0 Å². The SMILES string of the molecule is CCC(CC)(CCC(=O)O)C(=O)OC. The van der Waals surface area contributed by atoms with E-state index in [-0.39, 0.29) is 12.4 Å². The Morgan fingerprint density at radius 1 is 1.29 bits per heavy atom. The van der Waals surface area contributed by atoms with Crippen LogP contribution in [-0.2, 0) is 14.3 Å². The standard InChI is InChI=1S/C10H18O4/c1-4-10(5-2,9(13)14-3)7-6-8(11)12/h4-7H2,1-3H3,(H,11,12). The van der Waals surface area contributed by atoms with E-state index in [1.165, 1.54) is 7.11 Å². The zero-order valence-corrected chi connectivity index (χ0v) is 9.00. The number of carboxylic acids is 1. The summed E-state index contributed by atoms with van der Waals surface area (Å²) >= 11 is 0. The average molecular weight is 202 g/mol. The lowest BCUT2D eigenvalue weighted by atomic mass is 9.78. The van der Waals surface area contributed by atoms with Gasteiger partial charge >= 0.3 is 11.9 Å². The van der Waals surface area contributed by atoms with Crippen LogP contribution in [0.15, 0.2) is 0 Å². The van der Waals surface area contributed by atoms with Crippen molar-refractivity contribution in [2.45, 2.75) is 39.5 Å². The molecule has 14 heavy (non-hydrogen) atoms. The minimum atomic E-state index is -0.875. The molecule has 0 radical (unpaired) electrons. The molecule has 0 spiro atoms. The summed E-state index contributed by atoms with van der Waals surface area (Å²) in [5.41, 5.74) is -0.618. The van der Waals surface area contributed by atoms with Crippen molar-refractivity contribution in [2.24, 2.45) is 5.41 Å². The molecule has 0 bridgehead atoms. The number of carbonyl (C=O) groups is 2. The lowest BCUT2D eigenvalue weighted by Crippen LogP contribution is -2.31. The third kappa shape index (κ3) is 3.01. The van der Waals surface area contributed by atoms with Crippen molar-refractivity contribution in [1.82, 2.24) is 0 Å². The Kier molecular flexibility index (Phi) is 5.20. The van der Waals surface area contributed by atoms with Crippen LogP contribution in [0.5, 0.6) is 0 Å². The molecule has 0 atom stereocenters. The Balaban J connectivity index is 4.52. The van der Waals surface area contributed by atoms with Crippen LogP contribution >= 0.6 is 0 Å². The molecule has 0 fully saturated rings. The van der Waals surface area contributed by atoms with Gasteiger partial charge in [-0.15, -0.1) is 0 Å². The topological polar surface area (TPSA) is 63.6 Å². The van der Waals surface area contributed by atoms with Gasteiger partial charge in [0.25, 0.3) is 0 Å². The number of ether oxygens (including phenoxy) is 1. The van der Waals surface area contributed by atoms with E-state index in [1.807, 2.05) is 13.8 Å². The van der Waals surface area contributed by atoms with Crippen LogP contribution in [0, 0.1) is 5.41 Å². The molecule has 0 heterocycles. The molecule has 0 rings (SSSR count). The second-order valence-corrected chi connectivity index (χ2v) is 3.37. The first-order valence-corrected chi connectivity index (χ1v) is 4.82. The first-order valence-electron chi connectivity index (χ1n) is 4.82. The fourth-order valence-corrected chi connectivity index (χ4v) is 1.56. The smallest absolute Gasteiger partial charge is 0.311 e. The minimum Gasteiger partial charge on any atom is -0.481 e. The molecule has 0 aliphatic carbocycles. The van der Waals surface area contributed by atoms with Crippen molar-refractivity contribution >= 4 is 11.9 Å². The van der Waals surface area contributed by atoms with Gasteiger partial charge in [-0.2, -0.15) is 0 Å². The average Bonchev–Trinajstić information content (AvgIpc) is 2.19. The first kappa shape index (κ1) is 12.9. The molecule has 4 heteroatoms. The van der Waals surface area contributed by atoms with E-state index >= 15 is 0 Å². The van der Waals surface area contributed by atoms with Crippen molar-refractivity contribution in [3.63, 3.8) is 0 Å². The van der Waals surface area contributed by atoms with Crippen molar-refractivity contribution in [3.8, 4) is 0 Å². The Labute approximate surface area is 84.3 Å². The van der Waals surface area contributed by atoms with Gasteiger partial charge in [0.1, 0.15) is 0 Å². The third-order valence-corrected chi connectivity index (χ3v) is 2.79. The van der Waals surface area contributed by atoms with Gasteiger partial charge in [0.2, 0.25) is 0 Å². The lowest BCUT2D eigenvalue weighted by Gasteiger charge is -2.27. The predicted molar refractivity (Wildman–Crippen MR) is 51.9 cm³/mol. The van der Waals surface area contributed by atoms with Crippen LogP contribution in [0.25, 0.3) is 0 Å². The highest BCUT2D eigenvalue weighted by Gasteiger charge is 2.36. The Bertz CT molecular complexity index is 206. The van der Waals surface area contributed by atoms with Crippen LogP contribution in [0.2, 0.25) is 0 Å². The summed E-state index contributed by atoms with van der Waals surface area (Å²) in [4.78, 5) is 21.9. The Hall–Kier alpha value is -1.06. The van der Waals surface area contributed by atoms with Gasteiger partial charge in [-0.3, -0.25) is 9.59 Å². The molecule has 0 amide bonds.